The molecule has 34 heavy (non-hydrogen) atoms. The second-order valence-electron chi connectivity index (χ2n) is 8.80. The predicted octanol–water partition coefficient (Wildman–Crippen LogP) is 1.59. The van der Waals surface area contributed by atoms with Crippen LogP contribution in [0.4, 0.5) is 17.3 Å². The smallest absolute Gasteiger partial charge is 0.274 e. The molecular weight excluding hydrogens is 436 g/mol. The second kappa shape index (κ2) is 9.43. The second-order valence-corrected chi connectivity index (χ2v) is 8.80. The number of hydrogen-bond donors (Lipinski definition) is 3. The van der Waals surface area contributed by atoms with Crippen LogP contribution in [0.2, 0.25) is 0 Å². The average Bonchev–Trinajstić information content (AvgIpc) is 3.30. The van der Waals surface area contributed by atoms with Gasteiger partial charge in [-0.05, 0) is 37.8 Å². The Morgan fingerprint density at radius 3 is 2.62 bits per heavy atom. The zero-order valence-electron chi connectivity index (χ0n) is 19.2. The summed E-state index contributed by atoms with van der Waals surface area (Å²) in [6.07, 6.45) is 7.35. The number of ether oxygens (including phenoxy) is 1. The monoisotopic (exact) mass is 466 g/mol. The van der Waals surface area contributed by atoms with Crippen LogP contribution >= 0.6 is 0 Å². The lowest BCUT2D eigenvalue weighted by Gasteiger charge is -2.39. The zero-order chi connectivity index (χ0) is 23.7. The van der Waals surface area contributed by atoms with E-state index in [1.807, 2.05) is 16.8 Å². The lowest BCUT2D eigenvalue weighted by Crippen LogP contribution is -2.45. The van der Waals surface area contributed by atoms with Crippen molar-refractivity contribution in [2.75, 3.05) is 44.0 Å². The number of primary amides is 1. The molecule has 0 bridgehead atoms. The molecule has 2 aliphatic rings. The van der Waals surface area contributed by atoms with Crippen molar-refractivity contribution in [3.05, 3.63) is 46.5 Å². The molecule has 1 saturated heterocycles. The molecule has 1 amide bonds. The minimum atomic E-state index is -0.614. The maximum atomic E-state index is 13.3. The van der Waals surface area contributed by atoms with E-state index in [-0.39, 0.29) is 17.2 Å². The summed E-state index contributed by atoms with van der Waals surface area (Å²) in [5.74, 6) is 0.417. The van der Waals surface area contributed by atoms with E-state index in [0.717, 1.165) is 52.0 Å². The van der Waals surface area contributed by atoms with Crippen LogP contribution in [0.15, 0.2) is 35.4 Å². The number of carbonyl (C=O) groups excluding carboxylic acids is 1. The summed E-state index contributed by atoms with van der Waals surface area (Å²) in [5.41, 5.74) is 6.33. The molecule has 0 unspecified atom stereocenters. The summed E-state index contributed by atoms with van der Waals surface area (Å²) in [6, 6.07) is 6.10. The van der Waals surface area contributed by atoms with E-state index >= 15 is 0 Å². The lowest BCUT2D eigenvalue weighted by atomic mass is 9.89. The molecule has 0 radical (unpaired) electrons. The SMILES string of the molecule is CNc1cc(Nc2cccn(C3CCC(N4CCOCC4)CC3)c2=O)nc2c(C(N)=O)cnn12. The van der Waals surface area contributed by atoms with Gasteiger partial charge in [-0.2, -0.15) is 9.61 Å². The van der Waals surface area contributed by atoms with Gasteiger partial charge in [0.1, 0.15) is 22.9 Å². The van der Waals surface area contributed by atoms with Gasteiger partial charge in [0.15, 0.2) is 5.65 Å². The number of hydrogen-bond acceptors (Lipinski definition) is 8. The zero-order valence-corrected chi connectivity index (χ0v) is 19.2. The fraction of sp³-hybridized carbons (Fsp3) is 0.478. The molecule has 11 nitrogen and oxygen atoms in total. The van der Waals surface area contributed by atoms with Crippen LogP contribution in [0.5, 0.6) is 0 Å². The molecule has 1 saturated carbocycles. The standard InChI is InChI=1S/C23H30N8O3/c1-25-20-13-19(28-22-17(21(24)32)14-26-31(20)22)27-18-3-2-8-30(23(18)33)16-6-4-15(5-7-16)29-9-11-34-12-10-29/h2-3,8,13-16,25H,4-7,9-12H2,1H3,(H2,24,32)(H,27,28). The number of morpholine rings is 1. The van der Waals surface area contributed by atoms with Gasteiger partial charge in [-0.25, -0.2) is 4.98 Å². The Morgan fingerprint density at radius 1 is 1.18 bits per heavy atom. The Hall–Kier alpha value is -3.44. The third kappa shape index (κ3) is 4.24. The van der Waals surface area contributed by atoms with Crippen molar-refractivity contribution in [3.63, 3.8) is 0 Å². The Kier molecular flexibility index (Phi) is 6.20. The van der Waals surface area contributed by atoms with Gasteiger partial charge in [-0.1, -0.05) is 0 Å². The number of amides is 1. The largest absolute Gasteiger partial charge is 0.379 e. The summed E-state index contributed by atoms with van der Waals surface area (Å²) < 4.78 is 8.82. The fourth-order valence-corrected chi connectivity index (χ4v) is 5.05. The van der Waals surface area contributed by atoms with Gasteiger partial charge >= 0.3 is 0 Å². The Balaban J connectivity index is 1.36. The topological polar surface area (TPSA) is 132 Å². The highest BCUT2D eigenvalue weighted by molar-refractivity contribution is 5.98. The molecule has 3 aromatic heterocycles. The van der Waals surface area contributed by atoms with Crippen LogP contribution in [0.25, 0.3) is 5.65 Å². The van der Waals surface area contributed by atoms with Gasteiger partial charge in [0.05, 0.1) is 19.4 Å². The number of fused-ring (bicyclic) bond motifs is 1. The molecular formula is C23H30N8O3. The highest BCUT2D eigenvalue weighted by Gasteiger charge is 2.28. The van der Waals surface area contributed by atoms with E-state index in [9.17, 15) is 9.59 Å². The molecule has 1 aliphatic carbocycles. The summed E-state index contributed by atoms with van der Waals surface area (Å²) in [4.78, 5) is 32.1. The Bertz CT molecular complexity index is 1240. The van der Waals surface area contributed by atoms with Crippen molar-refractivity contribution < 1.29 is 9.53 Å². The first-order valence-electron chi connectivity index (χ1n) is 11.7. The molecule has 4 N–H and O–H groups in total. The lowest BCUT2D eigenvalue weighted by molar-refractivity contribution is 0.00535. The van der Waals surface area contributed by atoms with E-state index in [2.05, 4.69) is 25.6 Å². The molecule has 1 aliphatic heterocycles. The van der Waals surface area contributed by atoms with Crippen molar-refractivity contribution in [1.29, 1.82) is 0 Å². The van der Waals surface area contributed by atoms with Crippen LogP contribution in [0.1, 0.15) is 42.1 Å². The van der Waals surface area contributed by atoms with Crippen LogP contribution in [0.3, 0.4) is 0 Å². The van der Waals surface area contributed by atoms with Crippen LogP contribution in [-0.4, -0.2) is 69.4 Å². The third-order valence-corrected chi connectivity index (χ3v) is 6.85. The number of aromatic nitrogens is 4. The minimum absolute atomic E-state index is 0.0892. The molecule has 180 valence electrons. The van der Waals surface area contributed by atoms with E-state index in [1.165, 1.54) is 10.7 Å². The summed E-state index contributed by atoms with van der Waals surface area (Å²) in [7, 11) is 1.74. The highest BCUT2D eigenvalue weighted by Crippen LogP contribution is 2.31. The van der Waals surface area contributed by atoms with Crippen molar-refractivity contribution in [1.82, 2.24) is 24.1 Å². The van der Waals surface area contributed by atoms with Gasteiger partial charge in [0.25, 0.3) is 11.5 Å². The molecule has 5 rings (SSSR count). The Labute approximate surface area is 196 Å². The van der Waals surface area contributed by atoms with Gasteiger partial charge in [0, 0.05) is 44.5 Å². The molecule has 0 spiro atoms. The summed E-state index contributed by atoms with van der Waals surface area (Å²) in [6.45, 7) is 3.61. The van der Waals surface area contributed by atoms with Gasteiger partial charge in [-0.3, -0.25) is 14.5 Å². The Morgan fingerprint density at radius 2 is 1.91 bits per heavy atom. The van der Waals surface area contributed by atoms with Crippen LogP contribution in [-0.2, 0) is 4.74 Å². The third-order valence-electron chi connectivity index (χ3n) is 6.85. The van der Waals surface area contributed by atoms with Crippen molar-refractivity contribution >= 4 is 28.9 Å². The summed E-state index contributed by atoms with van der Waals surface area (Å²) >= 11 is 0. The molecule has 2 fully saturated rings. The first kappa shape index (κ1) is 22.4. The normalized spacial score (nSPS) is 21.4. The summed E-state index contributed by atoms with van der Waals surface area (Å²) in [5, 5.41) is 10.3. The minimum Gasteiger partial charge on any atom is -0.379 e. The van der Waals surface area contributed by atoms with Crippen LogP contribution < -0.4 is 21.9 Å². The van der Waals surface area contributed by atoms with Crippen molar-refractivity contribution in [2.24, 2.45) is 5.73 Å². The fourth-order valence-electron chi connectivity index (χ4n) is 5.05. The van der Waals surface area contributed by atoms with E-state index < -0.39 is 5.91 Å². The van der Waals surface area contributed by atoms with Crippen LogP contribution in [0, 0.1) is 0 Å². The van der Waals surface area contributed by atoms with Gasteiger partial charge in [-0.15, -0.1) is 0 Å². The first-order valence-corrected chi connectivity index (χ1v) is 11.7. The van der Waals surface area contributed by atoms with Gasteiger partial charge < -0.3 is 25.7 Å². The number of nitrogens with zero attached hydrogens (tertiary/aromatic N) is 5. The molecule has 3 aromatic rings. The number of nitrogens with one attached hydrogen (secondary N) is 2. The molecule has 4 heterocycles. The highest BCUT2D eigenvalue weighted by atomic mass is 16.5. The van der Waals surface area contributed by atoms with E-state index in [0.29, 0.717) is 29.0 Å². The maximum absolute atomic E-state index is 13.3. The molecule has 0 atom stereocenters. The first-order chi connectivity index (χ1) is 16.5. The number of nitrogens with two attached hydrogens (primary N) is 1. The van der Waals surface area contributed by atoms with Gasteiger partial charge in [0.2, 0.25) is 0 Å². The average molecular weight is 467 g/mol. The van der Waals surface area contributed by atoms with Crippen molar-refractivity contribution in [2.45, 2.75) is 37.8 Å². The number of anilines is 3. The van der Waals surface area contributed by atoms with E-state index in [4.69, 9.17) is 10.5 Å². The number of carbonyl (C=O) groups is 1. The molecule has 11 heteroatoms. The maximum Gasteiger partial charge on any atom is 0.274 e. The molecule has 0 aromatic carbocycles. The predicted molar refractivity (Wildman–Crippen MR) is 129 cm³/mol. The number of rotatable bonds is 6. The van der Waals surface area contributed by atoms with E-state index in [1.54, 1.807) is 19.2 Å². The quantitative estimate of drug-likeness (QED) is 0.499. The van der Waals surface area contributed by atoms with Crippen molar-refractivity contribution in [3.8, 4) is 0 Å². The number of pyridine rings is 1.